The van der Waals surface area contributed by atoms with Crippen LogP contribution in [0.15, 0.2) is 30.3 Å². The lowest BCUT2D eigenvalue weighted by Gasteiger charge is -2.42. The molecule has 1 N–H and O–H groups in total. The summed E-state index contributed by atoms with van der Waals surface area (Å²) >= 11 is 0. The molecule has 2 rings (SSSR count). The van der Waals surface area contributed by atoms with Crippen LogP contribution in [-0.4, -0.2) is 50.3 Å². The first-order valence-corrected chi connectivity index (χ1v) is 7.71. The monoisotopic (exact) mass is 276 g/mol. The zero-order chi connectivity index (χ0) is 14.4. The van der Waals surface area contributed by atoms with Gasteiger partial charge in [-0.1, -0.05) is 44.2 Å². The number of hydrogen-bond donors (Lipinski definition) is 1. The number of methoxy groups -OCH3 is 1. The average molecular weight is 276 g/mol. The standard InChI is InChI=1S/C17H28N2O/c1-14(2)17-12-18-16(13-19(17)9-10-20-3)11-15-7-5-4-6-8-15/h4-8,14,16-18H,9-13H2,1-3H3. The van der Waals surface area contributed by atoms with Crippen molar-refractivity contribution in [2.75, 3.05) is 33.4 Å². The smallest absolute Gasteiger partial charge is 0.0589 e. The number of hydrogen-bond acceptors (Lipinski definition) is 3. The molecule has 2 unspecified atom stereocenters. The molecule has 3 nitrogen and oxygen atoms in total. The van der Waals surface area contributed by atoms with E-state index in [-0.39, 0.29) is 0 Å². The zero-order valence-electron chi connectivity index (χ0n) is 13.0. The highest BCUT2D eigenvalue weighted by atomic mass is 16.5. The van der Waals surface area contributed by atoms with E-state index < -0.39 is 0 Å². The minimum Gasteiger partial charge on any atom is -0.383 e. The zero-order valence-corrected chi connectivity index (χ0v) is 13.0. The summed E-state index contributed by atoms with van der Waals surface area (Å²) in [7, 11) is 1.79. The molecule has 1 aromatic carbocycles. The largest absolute Gasteiger partial charge is 0.383 e. The van der Waals surface area contributed by atoms with E-state index in [1.807, 2.05) is 0 Å². The minimum absolute atomic E-state index is 0.546. The van der Waals surface area contributed by atoms with Gasteiger partial charge in [-0.2, -0.15) is 0 Å². The number of nitrogens with one attached hydrogen (secondary N) is 1. The Bertz CT molecular complexity index is 380. The Morgan fingerprint density at radius 3 is 2.70 bits per heavy atom. The molecule has 112 valence electrons. The van der Waals surface area contributed by atoms with E-state index in [2.05, 4.69) is 54.4 Å². The molecule has 20 heavy (non-hydrogen) atoms. The summed E-state index contributed by atoms with van der Waals surface area (Å²) in [5.74, 6) is 0.678. The normalized spacial score (nSPS) is 24.2. The molecule has 0 radical (unpaired) electrons. The van der Waals surface area contributed by atoms with Crippen molar-refractivity contribution in [2.45, 2.75) is 32.4 Å². The topological polar surface area (TPSA) is 24.5 Å². The summed E-state index contributed by atoms with van der Waals surface area (Å²) in [6.07, 6.45) is 1.11. The highest BCUT2D eigenvalue weighted by Crippen LogP contribution is 2.16. The van der Waals surface area contributed by atoms with Crippen LogP contribution in [-0.2, 0) is 11.2 Å². The van der Waals surface area contributed by atoms with E-state index in [1.54, 1.807) is 7.11 Å². The maximum absolute atomic E-state index is 5.26. The van der Waals surface area contributed by atoms with Crippen LogP contribution in [0.5, 0.6) is 0 Å². The third-order valence-corrected chi connectivity index (χ3v) is 4.22. The van der Waals surface area contributed by atoms with Crippen molar-refractivity contribution < 1.29 is 4.74 Å². The van der Waals surface area contributed by atoms with E-state index in [1.165, 1.54) is 5.56 Å². The van der Waals surface area contributed by atoms with Crippen LogP contribution in [0.3, 0.4) is 0 Å². The molecule has 0 aliphatic carbocycles. The molecule has 1 aromatic rings. The van der Waals surface area contributed by atoms with Gasteiger partial charge < -0.3 is 10.1 Å². The van der Waals surface area contributed by atoms with Gasteiger partial charge in [-0.3, -0.25) is 4.90 Å². The number of benzene rings is 1. The van der Waals surface area contributed by atoms with Gasteiger partial charge in [-0.25, -0.2) is 0 Å². The molecule has 1 heterocycles. The van der Waals surface area contributed by atoms with Crippen LogP contribution in [0.4, 0.5) is 0 Å². The number of piperazine rings is 1. The predicted molar refractivity (Wildman–Crippen MR) is 84.0 cm³/mol. The molecular weight excluding hydrogens is 248 g/mol. The third kappa shape index (κ3) is 4.30. The SMILES string of the molecule is COCCN1CC(Cc2ccccc2)NCC1C(C)C. The Morgan fingerprint density at radius 1 is 1.30 bits per heavy atom. The second-order valence-corrected chi connectivity index (χ2v) is 6.09. The maximum Gasteiger partial charge on any atom is 0.0589 e. The van der Waals surface area contributed by atoms with Crippen LogP contribution < -0.4 is 5.32 Å². The maximum atomic E-state index is 5.26. The molecule has 1 aliphatic heterocycles. The fourth-order valence-corrected chi connectivity index (χ4v) is 3.06. The van der Waals surface area contributed by atoms with Gasteiger partial charge in [-0.15, -0.1) is 0 Å². The van der Waals surface area contributed by atoms with Crippen LogP contribution in [0.1, 0.15) is 19.4 Å². The molecule has 1 fully saturated rings. The van der Waals surface area contributed by atoms with Crippen molar-refractivity contribution in [3.8, 4) is 0 Å². The molecule has 2 atom stereocenters. The van der Waals surface area contributed by atoms with Crippen LogP contribution in [0.2, 0.25) is 0 Å². The number of ether oxygens (including phenoxy) is 1. The molecule has 0 bridgehead atoms. The van der Waals surface area contributed by atoms with E-state index in [0.29, 0.717) is 18.0 Å². The summed E-state index contributed by atoms with van der Waals surface area (Å²) < 4.78 is 5.26. The summed E-state index contributed by atoms with van der Waals surface area (Å²) in [5.41, 5.74) is 1.42. The predicted octanol–water partition coefficient (Wildman–Crippen LogP) is 2.17. The van der Waals surface area contributed by atoms with E-state index in [4.69, 9.17) is 4.74 Å². The molecule has 0 aromatic heterocycles. The Kier molecular flexibility index (Phi) is 6.02. The van der Waals surface area contributed by atoms with E-state index in [9.17, 15) is 0 Å². The summed E-state index contributed by atoms with van der Waals surface area (Å²) in [5, 5.41) is 3.72. The quantitative estimate of drug-likeness (QED) is 0.862. The van der Waals surface area contributed by atoms with E-state index >= 15 is 0 Å². The average Bonchev–Trinajstić information content (AvgIpc) is 2.46. The number of nitrogens with zero attached hydrogens (tertiary/aromatic N) is 1. The highest BCUT2D eigenvalue weighted by Gasteiger charge is 2.29. The molecule has 0 amide bonds. The fourth-order valence-electron chi connectivity index (χ4n) is 3.06. The minimum atomic E-state index is 0.546. The third-order valence-electron chi connectivity index (χ3n) is 4.22. The van der Waals surface area contributed by atoms with Gasteiger partial charge in [0.05, 0.1) is 6.61 Å². The van der Waals surface area contributed by atoms with Gasteiger partial charge in [0, 0.05) is 38.8 Å². The molecule has 1 aliphatic rings. The van der Waals surface area contributed by atoms with Crippen molar-refractivity contribution >= 4 is 0 Å². The van der Waals surface area contributed by atoms with Gasteiger partial charge in [0.25, 0.3) is 0 Å². The van der Waals surface area contributed by atoms with Gasteiger partial charge in [0.2, 0.25) is 0 Å². The van der Waals surface area contributed by atoms with Crippen LogP contribution in [0, 0.1) is 5.92 Å². The van der Waals surface area contributed by atoms with Gasteiger partial charge in [-0.05, 0) is 17.9 Å². The highest BCUT2D eigenvalue weighted by molar-refractivity contribution is 5.16. The van der Waals surface area contributed by atoms with Crippen molar-refractivity contribution in [1.29, 1.82) is 0 Å². The Hall–Kier alpha value is -0.900. The lowest BCUT2D eigenvalue weighted by atomic mass is 9.96. The molecule has 0 spiro atoms. The van der Waals surface area contributed by atoms with Crippen molar-refractivity contribution in [2.24, 2.45) is 5.92 Å². The van der Waals surface area contributed by atoms with Gasteiger partial charge >= 0.3 is 0 Å². The van der Waals surface area contributed by atoms with Crippen LogP contribution in [0.25, 0.3) is 0 Å². The van der Waals surface area contributed by atoms with Gasteiger partial charge in [0.15, 0.2) is 0 Å². The first-order valence-electron chi connectivity index (χ1n) is 7.71. The first kappa shape index (κ1) is 15.5. The lowest BCUT2D eigenvalue weighted by Crippen LogP contribution is -2.59. The van der Waals surface area contributed by atoms with E-state index in [0.717, 1.165) is 32.7 Å². The molecular formula is C17H28N2O. The Labute approximate surface area is 123 Å². The van der Waals surface area contributed by atoms with Crippen molar-refractivity contribution in [3.05, 3.63) is 35.9 Å². The summed E-state index contributed by atoms with van der Waals surface area (Å²) in [6.45, 7) is 8.67. The first-order chi connectivity index (χ1) is 9.70. The van der Waals surface area contributed by atoms with Crippen molar-refractivity contribution in [3.63, 3.8) is 0 Å². The second-order valence-electron chi connectivity index (χ2n) is 6.09. The number of rotatable bonds is 6. The summed E-state index contributed by atoms with van der Waals surface area (Å²) in [6, 6.07) is 11.9. The molecule has 3 heteroatoms. The fraction of sp³-hybridized carbons (Fsp3) is 0.647. The second kappa shape index (κ2) is 7.77. The summed E-state index contributed by atoms with van der Waals surface area (Å²) in [4.78, 5) is 2.60. The Balaban J connectivity index is 1.93. The molecule has 0 saturated carbocycles. The van der Waals surface area contributed by atoms with Crippen LogP contribution >= 0.6 is 0 Å². The van der Waals surface area contributed by atoms with Gasteiger partial charge in [0.1, 0.15) is 0 Å². The van der Waals surface area contributed by atoms with Crippen molar-refractivity contribution in [1.82, 2.24) is 10.2 Å². The Morgan fingerprint density at radius 2 is 2.05 bits per heavy atom. The molecule has 1 saturated heterocycles. The lowest BCUT2D eigenvalue weighted by molar-refractivity contribution is 0.0660.